The van der Waals surface area contributed by atoms with E-state index in [1.54, 1.807) is 0 Å². The summed E-state index contributed by atoms with van der Waals surface area (Å²) in [6.45, 7) is 0. The van der Waals surface area contributed by atoms with Crippen LogP contribution in [0.25, 0.3) is 0 Å². The van der Waals surface area contributed by atoms with Gasteiger partial charge in [0.05, 0.1) is 6.21 Å². The molecule has 6 nitrogen and oxygen atoms in total. The topological polar surface area (TPSA) is 96.6 Å². The van der Waals surface area contributed by atoms with Crippen molar-refractivity contribution in [1.29, 1.82) is 0 Å². The second kappa shape index (κ2) is 6.91. The number of hydrazine groups is 1. The molecule has 6 heteroatoms. The summed E-state index contributed by atoms with van der Waals surface area (Å²) in [6.07, 6.45) is 3.53. The maximum atomic E-state index is 11.1. The molecule has 2 amide bonds. The third-order valence-corrected chi connectivity index (χ3v) is 1.72. The third kappa shape index (κ3) is 5.24. The van der Waals surface area contributed by atoms with E-state index in [1.165, 1.54) is 6.21 Å². The second-order valence-corrected chi connectivity index (χ2v) is 2.99. The van der Waals surface area contributed by atoms with Gasteiger partial charge in [0, 0.05) is 12.2 Å². The summed E-state index contributed by atoms with van der Waals surface area (Å²) in [5, 5.41) is 3.71. The van der Waals surface area contributed by atoms with Gasteiger partial charge in [-0.1, -0.05) is 30.3 Å². The number of hydrazone groups is 1. The fraction of sp³-hybridized carbons (Fsp3) is 0. The monoisotopic (exact) mass is 232 g/mol. The Labute approximate surface area is 98.2 Å². The molecule has 0 atom stereocenters. The normalized spacial score (nSPS) is 10.6. The molecular weight excluding hydrogens is 220 g/mol. The van der Waals surface area contributed by atoms with Crippen molar-refractivity contribution < 1.29 is 9.59 Å². The minimum Gasteiger partial charge on any atom is -0.291 e. The van der Waals surface area contributed by atoms with Gasteiger partial charge >= 0.3 is 0 Å². The van der Waals surface area contributed by atoms with E-state index in [0.29, 0.717) is 0 Å². The summed E-state index contributed by atoms with van der Waals surface area (Å²) < 4.78 is 0. The highest BCUT2D eigenvalue weighted by Crippen LogP contribution is 1.92. The first-order valence-corrected chi connectivity index (χ1v) is 4.79. The van der Waals surface area contributed by atoms with Gasteiger partial charge in [0.1, 0.15) is 0 Å². The Hall–Kier alpha value is -2.47. The van der Waals surface area contributed by atoms with E-state index in [4.69, 9.17) is 5.84 Å². The number of nitrogens with one attached hydrogen (secondary N) is 2. The molecule has 0 spiro atoms. The van der Waals surface area contributed by atoms with Crippen LogP contribution in [-0.4, -0.2) is 18.0 Å². The molecule has 1 aromatic carbocycles. The number of amides is 2. The molecule has 1 aromatic rings. The average molecular weight is 232 g/mol. The van der Waals surface area contributed by atoms with E-state index in [2.05, 4.69) is 10.5 Å². The van der Waals surface area contributed by atoms with Crippen LogP contribution in [0, 0.1) is 0 Å². The van der Waals surface area contributed by atoms with Gasteiger partial charge in [0.2, 0.25) is 0 Å². The maximum absolute atomic E-state index is 11.1. The molecule has 0 unspecified atom stereocenters. The van der Waals surface area contributed by atoms with Gasteiger partial charge in [0.15, 0.2) is 0 Å². The molecule has 17 heavy (non-hydrogen) atoms. The van der Waals surface area contributed by atoms with Crippen molar-refractivity contribution in [2.75, 3.05) is 0 Å². The highest BCUT2D eigenvalue weighted by atomic mass is 16.2. The Morgan fingerprint density at radius 3 is 2.41 bits per heavy atom. The van der Waals surface area contributed by atoms with E-state index in [9.17, 15) is 9.59 Å². The lowest BCUT2D eigenvalue weighted by Gasteiger charge is -1.93. The summed E-state index contributed by atoms with van der Waals surface area (Å²) in [5.41, 5.74) is 4.95. The lowest BCUT2D eigenvalue weighted by atomic mass is 10.2. The van der Waals surface area contributed by atoms with Gasteiger partial charge in [0.25, 0.3) is 11.8 Å². The molecule has 0 aliphatic heterocycles. The van der Waals surface area contributed by atoms with Gasteiger partial charge < -0.3 is 0 Å². The Morgan fingerprint density at radius 1 is 1.12 bits per heavy atom. The van der Waals surface area contributed by atoms with E-state index in [1.807, 2.05) is 35.8 Å². The van der Waals surface area contributed by atoms with Gasteiger partial charge in [-0.3, -0.25) is 15.0 Å². The third-order valence-electron chi connectivity index (χ3n) is 1.72. The molecule has 0 aromatic heterocycles. The quantitative estimate of drug-likeness (QED) is 0.218. The van der Waals surface area contributed by atoms with Crippen LogP contribution in [-0.2, 0) is 9.59 Å². The zero-order valence-corrected chi connectivity index (χ0v) is 8.96. The van der Waals surface area contributed by atoms with Crippen molar-refractivity contribution in [2.24, 2.45) is 10.9 Å². The minimum absolute atomic E-state index is 0.513. The van der Waals surface area contributed by atoms with Crippen LogP contribution in [0.4, 0.5) is 0 Å². The van der Waals surface area contributed by atoms with Crippen LogP contribution in [0.2, 0.25) is 0 Å². The summed E-state index contributed by atoms with van der Waals surface area (Å²) in [4.78, 5) is 21.8. The first-order valence-electron chi connectivity index (χ1n) is 4.79. The zero-order chi connectivity index (χ0) is 12.5. The number of hydrogen-bond donors (Lipinski definition) is 3. The summed E-state index contributed by atoms with van der Waals surface area (Å²) in [5.74, 6) is 3.75. The van der Waals surface area contributed by atoms with Crippen molar-refractivity contribution in [3.63, 3.8) is 0 Å². The molecule has 0 saturated carbocycles. The van der Waals surface area contributed by atoms with E-state index in [-0.39, 0.29) is 0 Å². The SMILES string of the molecule is NNC(=O)/C=C\C(=O)NN=Cc1ccccc1. The van der Waals surface area contributed by atoms with Crippen molar-refractivity contribution in [2.45, 2.75) is 0 Å². The van der Waals surface area contributed by atoms with Crippen LogP contribution in [0.3, 0.4) is 0 Å². The van der Waals surface area contributed by atoms with Crippen LogP contribution < -0.4 is 16.7 Å². The van der Waals surface area contributed by atoms with Crippen molar-refractivity contribution in [3.05, 3.63) is 48.0 Å². The number of carbonyl (C=O) groups excluding carboxylic acids is 2. The molecule has 4 N–H and O–H groups in total. The Morgan fingerprint density at radius 2 is 1.76 bits per heavy atom. The van der Waals surface area contributed by atoms with Crippen molar-refractivity contribution in [3.8, 4) is 0 Å². The number of nitrogens with two attached hydrogens (primary N) is 1. The maximum Gasteiger partial charge on any atom is 0.264 e. The Balaban J connectivity index is 2.41. The summed E-state index contributed by atoms with van der Waals surface area (Å²) in [7, 11) is 0. The Bertz CT molecular complexity index is 440. The molecule has 0 heterocycles. The van der Waals surface area contributed by atoms with E-state index in [0.717, 1.165) is 17.7 Å². The largest absolute Gasteiger partial charge is 0.291 e. The fourth-order valence-electron chi connectivity index (χ4n) is 0.946. The van der Waals surface area contributed by atoms with Crippen molar-refractivity contribution >= 4 is 18.0 Å². The van der Waals surface area contributed by atoms with Crippen molar-refractivity contribution in [1.82, 2.24) is 10.9 Å². The summed E-state index contributed by atoms with van der Waals surface area (Å²) in [6, 6.07) is 9.27. The number of nitrogens with zero attached hydrogens (tertiary/aromatic N) is 1. The minimum atomic E-state index is -0.563. The highest BCUT2D eigenvalue weighted by molar-refractivity contribution is 5.96. The molecule has 1 rings (SSSR count). The smallest absolute Gasteiger partial charge is 0.264 e. The fourth-order valence-corrected chi connectivity index (χ4v) is 0.946. The van der Waals surface area contributed by atoms with E-state index < -0.39 is 11.8 Å². The molecule has 0 aliphatic rings. The average Bonchev–Trinajstić information content (AvgIpc) is 2.37. The molecule has 0 fully saturated rings. The van der Waals surface area contributed by atoms with E-state index >= 15 is 0 Å². The van der Waals surface area contributed by atoms with Gasteiger partial charge in [-0.05, 0) is 5.56 Å². The first-order chi connectivity index (χ1) is 8.22. The van der Waals surface area contributed by atoms with Crippen LogP contribution in [0.1, 0.15) is 5.56 Å². The lowest BCUT2D eigenvalue weighted by Crippen LogP contribution is -2.28. The molecule has 88 valence electrons. The standard InChI is InChI=1S/C11H12N4O2/c12-14-10(16)6-7-11(17)15-13-8-9-4-2-1-3-5-9/h1-8H,12H2,(H,14,16)(H,15,17)/b7-6-,13-8?. The number of benzene rings is 1. The molecular formula is C11H12N4O2. The number of rotatable bonds is 4. The van der Waals surface area contributed by atoms with Crippen LogP contribution >= 0.6 is 0 Å². The van der Waals surface area contributed by atoms with Gasteiger partial charge in [-0.25, -0.2) is 11.3 Å². The molecule has 0 bridgehead atoms. The highest BCUT2D eigenvalue weighted by Gasteiger charge is 1.94. The van der Waals surface area contributed by atoms with Gasteiger partial charge in [-0.2, -0.15) is 5.10 Å². The van der Waals surface area contributed by atoms with Crippen LogP contribution in [0.5, 0.6) is 0 Å². The first kappa shape index (κ1) is 12.6. The number of hydrogen-bond acceptors (Lipinski definition) is 4. The predicted octanol–water partition coefficient (Wildman–Crippen LogP) is -0.317. The lowest BCUT2D eigenvalue weighted by molar-refractivity contribution is -0.118. The summed E-state index contributed by atoms with van der Waals surface area (Å²) >= 11 is 0. The zero-order valence-electron chi connectivity index (χ0n) is 8.96. The Kier molecular flexibility index (Phi) is 5.12. The molecule has 0 aliphatic carbocycles. The molecule has 0 radical (unpaired) electrons. The van der Waals surface area contributed by atoms with Crippen LogP contribution in [0.15, 0.2) is 47.6 Å². The number of carbonyl (C=O) groups is 2. The van der Waals surface area contributed by atoms with Gasteiger partial charge in [-0.15, -0.1) is 0 Å². The second-order valence-electron chi connectivity index (χ2n) is 2.99. The molecule has 0 saturated heterocycles. The predicted molar refractivity (Wildman–Crippen MR) is 63.6 cm³/mol.